The number of piperidine rings is 1. The second-order valence-electron chi connectivity index (χ2n) is 7.81. The smallest absolute Gasteiger partial charge is 0.134 e. The molecule has 0 bridgehead atoms. The summed E-state index contributed by atoms with van der Waals surface area (Å²) in [6, 6.07) is 11.6. The van der Waals surface area contributed by atoms with Gasteiger partial charge in [0.1, 0.15) is 17.2 Å². The van der Waals surface area contributed by atoms with E-state index in [-0.39, 0.29) is 11.4 Å². The lowest BCUT2D eigenvalue weighted by Gasteiger charge is -2.41. The molecule has 3 nitrogen and oxygen atoms in total. The van der Waals surface area contributed by atoms with Crippen LogP contribution in [0.4, 0.5) is 4.39 Å². The van der Waals surface area contributed by atoms with Gasteiger partial charge in [0.2, 0.25) is 0 Å². The van der Waals surface area contributed by atoms with Crippen LogP contribution in [0.5, 0.6) is 5.75 Å². The Bertz CT molecular complexity index is 1020. The minimum Gasteiger partial charge on any atom is -0.487 e. The fraction of sp³-hybridized carbons (Fsp3) is 0.348. The monoisotopic (exact) mass is 362 g/mol. The Balaban J connectivity index is 1.54. The Morgan fingerprint density at radius 3 is 2.78 bits per heavy atom. The summed E-state index contributed by atoms with van der Waals surface area (Å²) in [5.41, 5.74) is 3.54. The molecular formula is C23H23FN2O. The molecule has 4 heteroatoms. The molecule has 2 aromatic carbocycles. The predicted molar refractivity (Wildman–Crippen MR) is 106 cm³/mol. The number of pyridine rings is 1. The molecule has 1 aromatic heterocycles. The number of hydrogen-bond donors (Lipinski definition) is 1. The first-order chi connectivity index (χ1) is 13.1. The molecule has 1 fully saturated rings. The zero-order valence-corrected chi connectivity index (χ0v) is 15.5. The van der Waals surface area contributed by atoms with Crippen LogP contribution >= 0.6 is 0 Å². The van der Waals surface area contributed by atoms with Gasteiger partial charge in [-0.25, -0.2) is 4.39 Å². The molecule has 0 radical (unpaired) electrons. The summed E-state index contributed by atoms with van der Waals surface area (Å²) in [5.74, 6) is 0.509. The summed E-state index contributed by atoms with van der Waals surface area (Å²) in [7, 11) is 0. The topological polar surface area (TPSA) is 34.1 Å². The molecule has 3 aromatic rings. The van der Waals surface area contributed by atoms with Crippen LogP contribution in [-0.2, 0) is 6.42 Å². The van der Waals surface area contributed by atoms with Crippen LogP contribution in [0.3, 0.4) is 0 Å². The second-order valence-corrected chi connectivity index (χ2v) is 7.81. The maximum absolute atomic E-state index is 15.0. The van der Waals surface area contributed by atoms with Gasteiger partial charge in [-0.1, -0.05) is 12.1 Å². The molecule has 5 rings (SSSR count). The summed E-state index contributed by atoms with van der Waals surface area (Å²) in [4.78, 5) is 4.33. The van der Waals surface area contributed by atoms with Crippen LogP contribution in [0.25, 0.3) is 21.9 Å². The third-order valence-electron chi connectivity index (χ3n) is 6.12. The Labute approximate surface area is 158 Å². The summed E-state index contributed by atoms with van der Waals surface area (Å²) in [6.07, 6.45) is 5.74. The highest BCUT2D eigenvalue weighted by molar-refractivity contribution is 5.88. The van der Waals surface area contributed by atoms with Crippen molar-refractivity contribution in [2.75, 3.05) is 13.1 Å². The lowest BCUT2D eigenvalue weighted by Crippen LogP contribution is -2.48. The molecule has 2 aliphatic rings. The highest BCUT2D eigenvalue weighted by Gasteiger charge is 2.37. The first-order valence-corrected chi connectivity index (χ1v) is 9.72. The molecule has 0 atom stereocenters. The first kappa shape index (κ1) is 16.7. The average Bonchev–Trinajstić information content (AvgIpc) is 2.68. The third kappa shape index (κ3) is 2.88. The lowest BCUT2D eigenvalue weighted by atomic mass is 9.83. The van der Waals surface area contributed by atoms with Gasteiger partial charge < -0.3 is 10.1 Å². The number of benzene rings is 2. The maximum atomic E-state index is 15.0. The fourth-order valence-electron chi connectivity index (χ4n) is 4.49. The molecule has 0 saturated carbocycles. The number of fused-ring (bicyclic) bond motifs is 2. The molecule has 3 heterocycles. The number of nitrogens with one attached hydrogen (secondary N) is 1. The van der Waals surface area contributed by atoms with Crippen molar-refractivity contribution in [3.63, 3.8) is 0 Å². The standard InChI is InChI=1S/C23H23FN2O/c1-15-19-3-2-16(12-17(19)5-9-26-15)20-13-18-4-6-23(7-10-25-11-8-23)27-22(18)14-21(20)24/h2-3,5,9,12-14,25H,4,6-8,10-11H2,1H3. The normalized spacial score (nSPS) is 18.3. The SMILES string of the molecule is Cc1nccc2cc(-c3cc4c(cc3F)OC3(CCNCC3)CC4)ccc12. The summed E-state index contributed by atoms with van der Waals surface area (Å²) in [5, 5.41) is 5.57. The Kier molecular flexibility index (Phi) is 3.90. The minimum atomic E-state index is -0.218. The van der Waals surface area contributed by atoms with Gasteiger partial charge in [-0.3, -0.25) is 4.98 Å². The largest absolute Gasteiger partial charge is 0.487 e. The van der Waals surface area contributed by atoms with Crippen molar-refractivity contribution in [3.8, 4) is 16.9 Å². The van der Waals surface area contributed by atoms with Crippen molar-refractivity contribution in [2.45, 2.75) is 38.2 Å². The fourth-order valence-corrected chi connectivity index (χ4v) is 4.49. The van der Waals surface area contributed by atoms with Crippen molar-refractivity contribution < 1.29 is 9.13 Å². The maximum Gasteiger partial charge on any atom is 0.134 e. The number of aryl methyl sites for hydroxylation is 2. The van der Waals surface area contributed by atoms with E-state index in [0.29, 0.717) is 5.56 Å². The minimum absolute atomic E-state index is 0.111. The van der Waals surface area contributed by atoms with Gasteiger partial charge in [0.25, 0.3) is 0 Å². The molecule has 0 aliphatic carbocycles. The Hall–Kier alpha value is -2.46. The lowest BCUT2D eigenvalue weighted by molar-refractivity contribution is 0.0167. The van der Waals surface area contributed by atoms with E-state index < -0.39 is 0 Å². The van der Waals surface area contributed by atoms with Crippen LogP contribution in [0, 0.1) is 12.7 Å². The Morgan fingerprint density at radius 2 is 1.93 bits per heavy atom. The van der Waals surface area contributed by atoms with Crippen LogP contribution < -0.4 is 10.1 Å². The molecule has 138 valence electrons. The number of aromatic nitrogens is 1. The van der Waals surface area contributed by atoms with Gasteiger partial charge in [0, 0.05) is 28.9 Å². The van der Waals surface area contributed by atoms with Crippen LogP contribution in [0.15, 0.2) is 42.6 Å². The molecule has 1 spiro atoms. The number of ether oxygens (including phenoxy) is 1. The molecule has 0 amide bonds. The average molecular weight is 362 g/mol. The van der Waals surface area contributed by atoms with E-state index in [2.05, 4.69) is 10.3 Å². The molecule has 27 heavy (non-hydrogen) atoms. The van der Waals surface area contributed by atoms with Gasteiger partial charge in [0.05, 0.1) is 0 Å². The highest BCUT2D eigenvalue weighted by Crippen LogP contribution is 2.41. The number of rotatable bonds is 1. The second kappa shape index (κ2) is 6.31. The van der Waals surface area contributed by atoms with E-state index in [0.717, 1.165) is 72.1 Å². The van der Waals surface area contributed by atoms with Crippen molar-refractivity contribution in [2.24, 2.45) is 0 Å². The van der Waals surface area contributed by atoms with E-state index in [1.54, 1.807) is 12.3 Å². The number of nitrogens with zero attached hydrogens (tertiary/aromatic N) is 1. The summed E-state index contributed by atoms with van der Waals surface area (Å²) in [6.45, 7) is 3.94. The first-order valence-electron chi connectivity index (χ1n) is 9.72. The summed E-state index contributed by atoms with van der Waals surface area (Å²) >= 11 is 0. The zero-order chi connectivity index (χ0) is 18.4. The van der Waals surface area contributed by atoms with Crippen LogP contribution in [-0.4, -0.2) is 23.7 Å². The van der Waals surface area contributed by atoms with Gasteiger partial charge in [-0.05, 0) is 80.4 Å². The molecular weight excluding hydrogens is 339 g/mol. The van der Waals surface area contributed by atoms with E-state index in [9.17, 15) is 4.39 Å². The Morgan fingerprint density at radius 1 is 1.07 bits per heavy atom. The van der Waals surface area contributed by atoms with Crippen molar-refractivity contribution in [3.05, 3.63) is 59.7 Å². The van der Waals surface area contributed by atoms with Gasteiger partial charge >= 0.3 is 0 Å². The quantitative estimate of drug-likeness (QED) is 0.675. The number of halogens is 1. The summed E-state index contributed by atoms with van der Waals surface area (Å²) < 4.78 is 21.3. The molecule has 2 aliphatic heterocycles. The van der Waals surface area contributed by atoms with Crippen LogP contribution in [0.1, 0.15) is 30.5 Å². The van der Waals surface area contributed by atoms with Crippen molar-refractivity contribution in [1.82, 2.24) is 10.3 Å². The molecule has 1 saturated heterocycles. The van der Waals surface area contributed by atoms with E-state index in [4.69, 9.17) is 4.74 Å². The van der Waals surface area contributed by atoms with E-state index in [1.165, 1.54) is 0 Å². The third-order valence-corrected chi connectivity index (χ3v) is 6.12. The van der Waals surface area contributed by atoms with E-state index >= 15 is 0 Å². The predicted octanol–water partition coefficient (Wildman–Crippen LogP) is 4.80. The van der Waals surface area contributed by atoms with Gasteiger partial charge in [-0.15, -0.1) is 0 Å². The van der Waals surface area contributed by atoms with Gasteiger partial charge in [-0.2, -0.15) is 0 Å². The van der Waals surface area contributed by atoms with Gasteiger partial charge in [0.15, 0.2) is 0 Å². The molecule has 1 N–H and O–H groups in total. The van der Waals surface area contributed by atoms with Crippen LogP contribution in [0.2, 0.25) is 0 Å². The van der Waals surface area contributed by atoms with E-state index in [1.807, 2.05) is 37.3 Å². The highest BCUT2D eigenvalue weighted by atomic mass is 19.1. The molecule has 0 unspecified atom stereocenters. The number of hydrogen-bond acceptors (Lipinski definition) is 3. The zero-order valence-electron chi connectivity index (χ0n) is 15.5. The van der Waals surface area contributed by atoms with Crippen molar-refractivity contribution in [1.29, 1.82) is 0 Å². The van der Waals surface area contributed by atoms with Crippen molar-refractivity contribution >= 4 is 10.8 Å².